The van der Waals surface area contributed by atoms with Gasteiger partial charge in [0.15, 0.2) is 18.9 Å². The minimum atomic E-state index is -1.86. The first-order valence-electron chi connectivity index (χ1n) is 11.4. The van der Waals surface area contributed by atoms with Crippen molar-refractivity contribution in [3.63, 3.8) is 0 Å². The van der Waals surface area contributed by atoms with Gasteiger partial charge < -0.3 is 75.0 Å². The molecule has 36 heavy (non-hydrogen) atoms. The van der Waals surface area contributed by atoms with Crippen LogP contribution in [0.4, 0.5) is 0 Å². The average molecular weight is 529 g/mol. The summed E-state index contributed by atoms with van der Waals surface area (Å²) in [5.41, 5.74) is 0. The van der Waals surface area contributed by atoms with Crippen LogP contribution in [0.15, 0.2) is 0 Å². The summed E-state index contributed by atoms with van der Waals surface area (Å²) in [7, 11) is 0. The number of amides is 1. The molecule has 210 valence electrons. The molecule has 3 heterocycles. The second-order valence-corrected chi connectivity index (χ2v) is 9.05. The minimum Gasteiger partial charge on any atom is -0.394 e. The van der Waals surface area contributed by atoms with Crippen LogP contribution in [0, 0.1) is 0 Å². The zero-order valence-corrected chi connectivity index (χ0v) is 19.5. The van der Waals surface area contributed by atoms with E-state index < -0.39 is 111 Å². The summed E-state index contributed by atoms with van der Waals surface area (Å²) in [5.74, 6) is -0.646. The quantitative estimate of drug-likeness (QED) is 0.147. The molecule has 0 aromatic heterocycles. The fourth-order valence-corrected chi connectivity index (χ4v) is 4.40. The van der Waals surface area contributed by atoms with E-state index in [1.54, 1.807) is 0 Å². The second-order valence-electron chi connectivity index (χ2n) is 9.05. The number of ether oxygens (including phenoxy) is 5. The van der Waals surface area contributed by atoms with E-state index in [2.05, 4.69) is 5.32 Å². The van der Waals surface area contributed by atoms with Crippen LogP contribution in [0.3, 0.4) is 0 Å². The predicted octanol–water partition coefficient (Wildman–Crippen LogP) is -6.40. The SMILES string of the molecule is CC(=O)N[C@@H]1[C@@H](O[C@@H]2O[C@H](CO)[C@H](O)[C@H](O)[C@H]2O)[C@H](O[C@@H]2O[C@H](C)[C@@H](O)[C@@H](O)[C@@H]2O)[C@@H](CO)O[C@H]1O. The van der Waals surface area contributed by atoms with Crippen LogP contribution >= 0.6 is 0 Å². The summed E-state index contributed by atoms with van der Waals surface area (Å²) in [4.78, 5) is 11.8. The Morgan fingerprint density at radius 2 is 1.25 bits per heavy atom. The van der Waals surface area contributed by atoms with Gasteiger partial charge in [-0.15, -0.1) is 0 Å². The topological polar surface area (TPSA) is 257 Å². The second kappa shape index (κ2) is 12.2. The third-order valence-electron chi connectivity index (χ3n) is 6.45. The molecule has 16 nitrogen and oxygen atoms in total. The summed E-state index contributed by atoms with van der Waals surface area (Å²) in [6, 6.07) is -1.42. The van der Waals surface area contributed by atoms with Gasteiger partial charge in [0, 0.05) is 6.92 Å². The molecule has 0 aromatic rings. The van der Waals surface area contributed by atoms with Crippen LogP contribution in [0.2, 0.25) is 0 Å². The lowest BCUT2D eigenvalue weighted by Gasteiger charge is -2.49. The van der Waals surface area contributed by atoms with Crippen molar-refractivity contribution >= 4 is 5.91 Å². The van der Waals surface area contributed by atoms with Crippen LogP contribution in [0.5, 0.6) is 0 Å². The molecular weight excluding hydrogens is 494 g/mol. The Labute approximate surface area is 205 Å². The molecule has 0 radical (unpaired) electrons. The standard InChI is InChI=1S/C20H35NO15/c1-5-10(25)12(27)14(29)19(32-5)35-16-8(4-23)33-18(31)9(21-6(2)24)17(16)36-20-15(30)13(28)11(26)7(3-22)34-20/h5,7-20,22-23,25-31H,3-4H2,1-2H3,(H,21,24)/t5-,7-,8-,9-,10-,11+,12-,13+,14+,15-,16-,17-,18-,19+,20+/m1/s1. The number of carbonyl (C=O) groups excluding carboxylic acids is 1. The third-order valence-corrected chi connectivity index (χ3v) is 6.45. The smallest absolute Gasteiger partial charge is 0.217 e. The highest BCUT2D eigenvalue weighted by molar-refractivity contribution is 5.73. The van der Waals surface area contributed by atoms with E-state index in [9.17, 15) is 50.8 Å². The maximum absolute atomic E-state index is 11.8. The first kappa shape index (κ1) is 29.5. The van der Waals surface area contributed by atoms with E-state index >= 15 is 0 Å². The van der Waals surface area contributed by atoms with Gasteiger partial charge in [0.1, 0.15) is 67.1 Å². The molecule has 3 aliphatic heterocycles. The summed E-state index contributed by atoms with van der Waals surface area (Å²) in [6.07, 6.45) is -22.0. The van der Waals surface area contributed by atoms with Gasteiger partial charge in [0.2, 0.25) is 5.91 Å². The number of aliphatic hydroxyl groups is 9. The van der Waals surface area contributed by atoms with Gasteiger partial charge in [-0.25, -0.2) is 0 Å². The molecule has 15 atom stereocenters. The van der Waals surface area contributed by atoms with E-state index in [-0.39, 0.29) is 0 Å². The summed E-state index contributed by atoms with van der Waals surface area (Å²) in [5, 5.41) is 93.2. The largest absolute Gasteiger partial charge is 0.394 e. The Morgan fingerprint density at radius 3 is 1.81 bits per heavy atom. The highest BCUT2D eigenvalue weighted by atomic mass is 16.7. The molecule has 16 heteroatoms. The van der Waals surface area contributed by atoms with Crippen molar-refractivity contribution in [1.29, 1.82) is 0 Å². The highest BCUT2D eigenvalue weighted by Crippen LogP contribution is 2.32. The zero-order valence-electron chi connectivity index (χ0n) is 19.5. The first-order chi connectivity index (χ1) is 16.9. The Balaban J connectivity index is 1.92. The number of aliphatic hydroxyl groups excluding tert-OH is 9. The molecule has 10 N–H and O–H groups in total. The monoisotopic (exact) mass is 529 g/mol. The third kappa shape index (κ3) is 5.97. The number of hydrogen-bond acceptors (Lipinski definition) is 15. The van der Waals surface area contributed by atoms with Crippen LogP contribution < -0.4 is 5.32 Å². The van der Waals surface area contributed by atoms with Crippen LogP contribution in [-0.2, 0) is 28.5 Å². The first-order valence-corrected chi connectivity index (χ1v) is 11.4. The predicted molar refractivity (Wildman–Crippen MR) is 111 cm³/mol. The van der Waals surface area contributed by atoms with E-state index in [0.29, 0.717) is 0 Å². The lowest BCUT2D eigenvalue weighted by Crippen LogP contribution is -2.69. The van der Waals surface area contributed by atoms with E-state index in [0.717, 1.165) is 6.92 Å². The molecule has 0 aliphatic carbocycles. The number of hydrogen-bond donors (Lipinski definition) is 10. The van der Waals surface area contributed by atoms with Gasteiger partial charge in [0.05, 0.1) is 19.3 Å². The van der Waals surface area contributed by atoms with Crippen LogP contribution in [0.25, 0.3) is 0 Å². The average Bonchev–Trinajstić information content (AvgIpc) is 2.84. The molecule has 0 saturated carbocycles. The lowest BCUT2D eigenvalue weighted by atomic mass is 9.94. The molecule has 1 amide bonds. The zero-order chi connectivity index (χ0) is 26.9. The van der Waals surface area contributed by atoms with Crippen molar-refractivity contribution in [2.24, 2.45) is 0 Å². The van der Waals surface area contributed by atoms with Gasteiger partial charge in [-0.3, -0.25) is 4.79 Å². The van der Waals surface area contributed by atoms with Crippen molar-refractivity contribution in [3.8, 4) is 0 Å². The number of nitrogens with one attached hydrogen (secondary N) is 1. The van der Waals surface area contributed by atoms with Crippen molar-refractivity contribution in [1.82, 2.24) is 5.32 Å². The number of rotatable bonds is 7. The summed E-state index contributed by atoms with van der Waals surface area (Å²) >= 11 is 0. The number of carbonyl (C=O) groups is 1. The van der Waals surface area contributed by atoms with Gasteiger partial charge >= 0.3 is 0 Å². The van der Waals surface area contributed by atoms with E-state index in [4.69, 9.17) is 23.7 Å². The van der Waals surface area contributed by atoms with Gasteiger partial charge in [-0.05, 0) is 6.92 Å². The summed E-state index contributed by atoms with van der Waals surface area (Å²) < 4.78 is 27.7. The molecular formula is C20H35NO15. The summed E-state index contributed by atoms with van der Waals surface area (Å²) in [6.45, 7) is 1.00. The Hall–Kier alpha value is -1.09. The highest BCUT2D eigenvalue weighted by Gasteiger charge is 2.54. The molecule has 3 fully saturated rings. The Kier molecular flexibility index (Phi) is 9.97. The van der Waals surface area contributed by atoms with Crippen LogP contribution in [-0.4, -0.2) is 157 Å². The lowest BCUT2D eigenvalue weighted by molar-refractivity contribution is -0.370. The van der Waals surface area contributed by atoms with Gasteiger partial charge in [-0.1, -0.05) is 0 Å². The molecule has 0 spiro atoms. The normalized spacial score (nSPS) is 50.0. The molecule has 3 aliphatic rings. The maximum Gasteiger partial charge on any atom is 0.217 e. The molecule has 0 aromatic carbocycles. The van der Waals surface area contributed by atoms with Crippen molar-refractivity contribution in [2.75, 3.05) is 13.2 Å². The van der Waals surface area contributed by atoms with Crippen molar-refractivity contribution in [2.45, 2.75) is 106 Å². The van der Waals surface area contributed by atoms with Crippen molar-refractivity contribution in [3.05, 3.63) is 0 Å². The van der Waals surface area contributed by atoms with Crippen LogP contribution in [0.1, 0.15) is 13.8 Å². The van der Waals surface area contributed by atoms with E-state index in [1.165, 1.54) is 6.92 Å². The van der Waals surface area contributed by atoms with Crippen molar-refractivity contribution < 1.29 is 74.4 Å². The Morgan fingerprint density at radius 1 is 0.722 bits per heavy atom. The molecule has 0 unspecified atom stereocenters. The van der Waals surface area contributed by atoms with Gasteiger partial charge in [-0.2, -0.15) is 0 Å². The fourth-order valence-electron chi connectivity index (χ4n) is 4.40. The molecule has 0 bridgehead atoms. The van der Waals surface area contributed by atoms with Gasteiger partial charge in [0.25, 0.3) is 0 Å². The molecule has 3 rings (SSSR count). The fraction of sp³-hybridized carbons (Fsp3) is 0.950. The maximum atomic E-state index is 11.8. The molecule has 3 saturated heterocycles. The van der Waals surface area contributed by atoms with E-state index in [1.807, 2.05) is 0 Å². The minimum absolute atomic E-state index is 0.646. The Bertz CT molecular complexity index is 729.